The molecule has 0 radical (unpaired) electrons. The van der Waals surface area contributed by atoms with E-state index in [1.54, 1.807) is 7.11 Å². The lowest BCUT2D eigenvalue weighted by Crippen LogP contribution is -2.42. The second-order valence-electron chi connectivity index (χ2n) is 8.40. The molecule has 1 aliphatic carbocycles. The zero-order chi connectivity index (χ0) is 17.9. The van der Waals surface area contributed by atoms with Gasteiger partial charge in [0.2, 0.25) is 0 Å². The van der Waals surface area contributed by atoms with Gasteiger partial charge in [-0.25, -0.2) is 0 Å². The second-order valence-corrected chi connectivity index (χ2v) is 8.40. The summed E-state index contributed by atoms with van der Waals surface area (Å²) in [6, 6.07) is 18.0. The third-order valence-corrected chi connectivity index (χ3v) is 5.08. The van der Waals surface area contributed by atoms with Crippen molar-refractivity contribution in [1.29, 1.82) is 0 Å². The van der Waals surface area contributed by atoms with E-state index in [1.807, 2.05) is 12.1 Å². The summed E-state index contributed by atoms with van der Waals surface area (Å²) in [5, 5.41) is 3.76. The van der Waals surface area contributed by atoms with E-state index in [0.717, 1.165) is 11.7 Å². The molecule has 134 valence electrons. The van der Waals surface area contributed by atoms with Crippen molar-refractivity contribution in [2.75, 3.05) is 7.11 Å². The van der Waals surface area contributed by atoms with Crippen molar-refractivity contribution in [3.63, 3.8) is 0 Å². The summed E-state index contributed by atoms with van der Waals surface area (Å²) < 4.78 is 5.23. The first-order chi connectivity index (χ1) is 11.9. The van der Waals surface area contributed by atoms with Gasteiger partial charge in [0.05, 0.1) is 7.11 Å². The molecule has 2 nitrogen and oxygen atoms in total. The van der Waals surface area contributed by atoms with Gasteiger partial charge in [0, 0.05) is 11.6 Å². The number of nitrogens with one attached hydrogen (secondary N) is 1. The number of hydrogen-bond donors (Lipinski definition) is 1. The highest BCUT2D eigenvalue weighted by Gasteiger charge is 2.27. The van der Waals surface area contributed by atoms with Crippen LogP contribution in [0.4, 0.5) is 0 Å². The average Bonchev–Trinajstić information content (AvgIpc) is 3.00. The van der Waals surface area contributed by atoms with Crippen LogP contribution in [-0.4, -0.2) is 18.7 Å². The van der Waals surface area contributed by atoms with Gasteiger partial charge in [-0.2, -0.15) is 0 Å². The third kappa shape index (κ3) is 5.09. The van der Waals surface area contributed by atoms with Crippen molar-refractivity contribution >= 4 is 0 Å². The van der Waals surface area contributed by atoms with Crippen molar-refractivity contribution in [2.45, 2.75) is 58.0 Å². The van der Waals surface area contributed by atoms with Gasteiger partial charge in [-0.15, -0.1) is 0 Å². The Hall–Kier alpha value is -1.80. The van der Waals surface area contributed by atoms with Gasteiger partial charge in [-0.3, -0.25) is 0 Å². The Balaban J connectivity index is 1.58. The molecule has 0 aliphatic heterocycles. The number of benzene rings is 2. The Morgan fingerprint density at radius 1 is 0.920 bits per heavy atom. The van der Waals surface area contributed by atoms with E-state index in [2.05, 4.69) is 62.5 Å². The second kappa shape index (κ2) is 7.61. The monoisotopic (exact) mass is 337 g/mol. The Bertz CT molecular complexity index is 667. The Morgan fingerprint density at radius 3 is 2.08 bits per heavy atom. The lowest BCUT2D eigenvalue weighted by Gasteiger charge is -2.26. The molecule has 0 bridgehead atoms. The van der Waals surface area contributed by atoms with Crippen LogP contribution in [-0.2, 0) is 6.42 Å². The summed E-state index contributed by atoms with van der Waals surface area (Å²) in [5.74, 6) is 1.71. The van der Waals surface area contributed by atoms with Crippen molar-refractivity contribution in [3.8, 4) is 16.9 Å². The molecule has 25 heavy (non-hydrogen) atoms. The zero-order valence-electron chi connectivity index (χ0n) is 16.0. The van der Waals surface area contributed by atoms with Crippen molar-refractivity contribution in [1.82, 2.24) is 5.32 Å². The smallest absolute Gasteiger partial charge is 0.118 e. The van der Waals surface area contributed by atoms with Gasteiger partial charge < -0.3 is 10.1 Å². The van der Waals surface area contributed by atoms with Crippen LogP contribution in [0.15, 0.2) is 48.5 Å². The Kier molecular flexibility index (Phi) is 5.48. The number of rotatable bonds is 5. The standard InChI is InChI=1S/C23H31NO/c1-23(2,3)24-21-12-7-18(16-21)15-17-5-8-19(9-6-17)20-10-13-22(25-4)14-11-20/h5-6,8-11,13-14,18,21,24H,7,12,15-16H2,1-4H3/t18-,21-/m0/s1. The summed E-state index contributed by atoms with van der Waals surface area (Å²) >= 11 is 0. The summed E-state index contributed by atoms with van der Waals surface area (Å²) in [6.45, 7) is 6.79. The first-order valence-electron chi connectivity index (χ1n) is 9.44. The van der Waals surface area contributed by atoms with Gasteiger partial charge in [-0.1, -0.05) is 36.4 Å². The molecule has 2 atom stereocenters. The van der Waals surface area contributed by atoms with E-state index in [-0.39, 0.29) is 5.54 Å². The van der Waals surface area contributed by atoms with E-state index in [1.165, 1.54) is 42.4 Å². The Morgan fingerprint density at radius 2 is 1.52 bits per heavy atom. The molecule has 0 spiro atoms. The fourth-order valence-corrected chi connectivity index (χ4v) is 3.95. The molecule has 0 saturated heterocycles. The predicted octanol–water partition coefficient (Wildman–Crippen LogP) is 5.46. The van der Waals surface area contributed by atoms with Gasteiger partial charge in [0.25, 0.3) is 0 Å². The van der Waals surface area contributed by atoms with Crippen LogP contribution in [0.1, 0.15) is 45.6 Å². The minimum atomic E-state index is 0.222. The summed E-state index contributed by atoms with van der Waals surface area (Å²) in [7, 11) is 1.70. The molecule has 2 heteroatoms. The lowest BCUT2D eigenvalue weighted by molar-refractivity contribution is 0.354. The maximum atomic E-state index is 5.23. The molecule has 3 rings (SSSR count). The molecular weight excluding hydrogens is 306 g/mol. The summed E-state index contributed by atoms with van der Waals surface area (Å²) in [6.07, 6.45) is 5.16. The van der Waals surface area contributed by atoms with Gasteiger partial charge >= 0.3 is 0 Å². The summed E-state index contributed by atoms with van der Waals surface area (Å²) in [5.41, 5.74) is 4.19. The molecule has 1 fully saturated rings. The average molecular weight is 338 g/mol. The van der Waals surface area contributed by atoms with Crippen LogP contribution in [0.5, 0.6) is 5.75 Å². The fourth-order valence-electron chi connectivity index (χ4n) is 3.95. The molecule has 1 saturated carbocycles. The van der Waals surface area contributed by atoms with Crippen LogP contribution < -0.4 is 10.1 Å². The lowest BCUT2D eigenvalue weighted by atomic mass is 9.95. The van der Waals surface area contributed by atoms with Gasteiger partial charge in [-0.05, 0) is 81.2 Å². The summed E-state index contributed by atoms with van der Waals surface area (Å²) in [4.78, 5) is 0. The van der Waals surface area contributed by atoms with Crippen LogP contribution in [0.3, 0.4) is 0 Å². The van der Waals surface area contributed by atoms with E-state index >= 15 is 0 Å². The zero-order valence-corrected chi connectivity index (χ0v) is 16.0. The van der Waals surface area contributed by atoms with E-state index < -0.39 is 0 Å². The molecule has 0 amide bonds. The normalized spacial score (nSPS) is 20.6. The van der Waals surface area contributed by atoms with Crippen LogP contribution in [0.25, 0.3) is 11.1 Å². The minimum absolute atomic E-state index is 0.222. The van der Waals surface area contributed by atoms with Gasteiger partial charge in [0.1, 0.15) is 5.75 Å². The molecular formula is C23H31NO. The first-order valence-corrected chi connectivity index (χ1v) is 9.44. The topological polar surface area (TPSA) is 21.3 Å². The van der Waals surface area contributed by atoms with Crippen molar-refractivity contribution in [3.05, 3.63) is 54.1 Å². The predicted molar refractivity (Wildman–Crippen MR) is 106 cm³/mol. The van der Waals surface area contributed by atoms with Crippen LogP contribution in [0.2, 0.25) is 0 Å². The van der Waals surface area contributed by atoms with E-state index in [9.17, 15) is 0 Å². The molecule has 0 unspecified atom stereocenters. The highest BCUT2D eigenvalue weighted by Crippen LogP contribution is 2.30. The SMILES string of the molecule is COc1ccc(-c2ccc(C[C@@H]3CC[C@H](NC(C)(C)C)C3)cc2)cc1. The maximum Gasteiger partial charge on any atom is 0.118 e. The van der Waals surface area contributed by atoms with E-state index in [4.69, 9.17) is 4.74 Å². The molecule has 0 heterocycles. The molecule has 0 aromatic heterocycles. The third-order valence-electron chi connectivity index (χ3n) is 5.08. The van der Waals surface area contributed by atoms with Crippen molar-refractivity contribution in [2.24, 2.45) is 5.92 Å². The maximum absolute atomic E-state index is 5.23. The Labute approximate surface area is 152 Å². The van der Waals surface area contributed by atoms with Crippen LogP contribution in [0, 0.1) is 5.92 Å². The number of ether oxygens (including phenoxy) is 1. The molecule has 1 N–H and O–H groups in total. The molecule has 2 aromatic rings. The first kappa shape index (κ1) is 18.0. The van der Waals surface area contributed by atoms with Crippen LogP contribution >= 0.6 is 0 Å². The quantitative estimate of drug-likeness (QED) is 0.782. The highest BCUT2D eigenvalue weighted by atomic mass is 16.5. The van der Waals surface area contributed by atoms with Gasteiger partial charge in [0.15, 0.2) is 0 Å². The fraction of sp³-hybridized carbons (Fsp3) is 0.478. The number of hydrogen-bond acceptors (Lipinski definition) is 2. The minimum Gasteiger partial charge on any atom is -0.497 e. The largest absolute Gasteiger partial charge is 0.497 e. The molecule has 2 aromatic carbocycles. The molecule has 1 aliphatic rings. The van der Waals surface area contributed by atoms with E-state index in [0.29, 0.717) is 6.04 Å². The van der Waals surface area contributed by atoms with Crippen molar-refractivity contribution < 1.29 is 4.74 Å². The highest BCUT2D eigenvalue weighted by molar-refractivity contribution is 5.64. The number of methoxy groups -OCH3 is 1.